The van der Waals surface area contributed by atoms with Crippen LogP contribution in [0.4, 0.5) is 13.2 Å². The molecule has 0 aromatic heterocycles. The van der Waals surface area contributed by atoms with Crippen molar-refractivity contribution in [1.29, 1.82) is 0 Å². The Hall–Kier alpha value is -2.20. The standard InChI is InChI=1S/C17H24F3N3O4/c1-25-12-8-11(9-13(26-2)15(12)27-3)16(24)22-10-14(17(18,19)20)23-6-4-21-5-7-23/h8-9,14,21H,4-7,10H2,1-3H3,(H,22,24). The van der Waals surface area contributed by atoms with Crippen molar-refractivity contribution in [3.63, 3.8) is 0 Å². The third-order valence-corrected chi connectivity index (χ3v) is 4.35. The molecule has 152 valence electrons. The van der Waals surface area contributed by atoms with Crippen molar-refractivity contribution in [3.05, 3.63) is 17.7 Å². The Labute approximate surface area is 155 Å². The molecule has 10 heteroatoms. The Kier molecular flexibility index (Phi) is 7.14. The minimum absolute atomic E-state index is 0.116. The minimum Gasteiger partial charge on any atom is -0.493 e. The minimum atomic E-state index is -4.44. The van der Waals surface area contributed by atoms with Crippen LogP contribution in [0.5, 0.6) is 17.2 Å². The largest absolute Gasteiger partial charge is 0.493 e. The molecule has 1 heterocycles. The lowest BCUT2D eigenvalue weighted by atomic mass is 10.1. The number of alkyl halides is 3. The number of hydrogen-bond donors (Lipinski definition) is 2. The van der Waals surface area contributed by atoms with Crippen LogP contribution in [0.2, 0.25) is 0 Å². The number of carbonyl (C=O) groups is 1. The monoisotopic (exact) mass is 391 g/mol. The first-order valence-corrected chi connectivity index (χ1v) is 8.41. The lowest BCUT2D eigenvalue weighted by Gasteiger charge is -2.35. The van der Waals surface area contributed by atoms with Crippen LogP contribution in [0.25, 0.3) is 0 Å². The Morgan fingerprint density at radius 1 is 1.15 bits per heavy atom. The molecule has 0 spiro atoms. The number of amides is 1. The van der Waals surface area contributed by atoms with E-state index in [0.717, 1.165) is 0 Å². The van der Waals surface area contributed by atoms with Gasteiger partial charge in [-0.15, -0.1) is 0 Å². The Morgan fingerprint density at radius 2 is 1.70 bits per heavy atom. The van der Waals surface area contributed by atoms with E-state index in [0.29, 0.717) is 18.8 Å². The van der Waals surface area contributed by atoms with Crippen molar-refractivity contribution in [2.24, 2.45) is 0 Å². The van der Waals surface area contributed by atoms with E-state index < -0.39 is 24.7 Å². The highest BCUT2D eigenvalue weighted by molar-refractivity contribution is 5.95. The Morgan fingerprint density at radius 3 is 2.15 bits per heavy atom. The van der Waals surface area contributed by atoms with Gasteiger partial charge in [-0.2, -0.15) is 13.2 Å². The molecule has 27 heavy (non-hydrogen) atoms. The number of nitrogens with zero attached hydrogens (tertiary/aromatic N) is 1. The van der Waals surface area contributed by atoms with Crippen molar-refractivity contribution in [2.75, 3.05) is 54.1 Å². The van der Waals surface area contributed by atoms with E-state index in [9.17, 15) is 18.0 Å². The lowest BCUT2D eigenvalue weighted by molar-refractivity contribution is -0.183. The van der Waals surface area contributed by atoms with Gasteiger partial charge >= 0.3 is 6.18 Å². The molecule has 1 atom stereocenters. The molecule has 1 amide bonds. The number of piperazine rings is 1. The topological polar surface area (TPSA) is 72.1 Å². The quantitative estimate of drug-likeness (QED) is 0.730. The summed E-state index contributed by atoms with van der Waals surface area (Å²) in [6.45, 7) is 0.953. The van der Waals surface area contributed by atoms with Crippen molar-refractivity contribution in [3.8, 4) is 17.2 Å². The second kappa shape index (κ2) is 9.14. The summed E-state index contributed by atoms with van der Waals surface area (Å²) in [5, 5.41) is 5.38. The van der Waals surface area contributed by atoms with Gasteiger partial charge in [-0.3, -0.25) is 9.69 Å². The van der Waals surface area contributed by atoms with Gasteiger partial charge in [0.25, 0.3) is 5.91 Å². The third kappa shape index (κ3) is 5.16. The van der Waals surface area contributed by atoms with Crippen molar-refractivity contribution < 1.29 is 32.2 Å². The second-order valence-corrected chi connectivity index (χ2v) is 5.97. The number of hydrogen-bond acceptors (Lipinski definition) is 6. The van der Waals surface area contributed by atoms with E-state index in [1.807, 2.05) is 0 Å². The number of halogens is 3. The van der Waals surface area contributed by atoms with Crippen LogP contribution in [-0.2, 0) is 0 Å². The van der Waals surface area contributed by atoms with Gasteiger partial charge in [0.1, 0.15) is 6.04 Å². The zero-order valence-corrected chi connectivity index (χ0v) is 15.5. The van der Waals surface area contributed by atoms with Gasteiger partial charge in [-0.1, -0.05) is 0 Å². The molecule has 1 aromatic carbocycles. The average molecular weight is 391 g/mol. The molecule has 2 rings (SSSR count). The van der Waals surface area contributed by atoms with E-state index >= 15 is 0 Å². The number of carbonyl (C=O) groups excluding carboxylic acids is 1. The molecule has 2 N–H and O–H groups in total. The van der Waals surface area contributed by atoms with Gasteiger partial charge in [0.15, 0.2) is 11.5 Å². The molecule has 7 nitrogen and oxygen atoms in total. The number of rotatable bonds is 7. The molecule has 0 bridgehead atoms. The van der Waals surface area contributed by atoms with E-state index in [4.69, 9.17) is 14.2 Å². The van der Waals surface area contributed by atoms with Crippen molar-refractivity contribution in [2.45, 2.75) is 12.2 Å². The summed E-state index contributed by atoms with van der Waals surface area (Å²) in [6, 6.07) is 1.04. The fourth-order valence-electron chi connectivity index (χ4n) is 2.95. The maximum Gasteiger partial charge on any atom is 0.405 e. The summed E-state index contributed by atoms with van der Waals surface area (Å²) in [4.78, 5) is 13.8. The zero-order chi connectivity index (χ0) is 20.0. The van der Waals surface area contributed by atoms with Crippen LogP contribution in [0.1, 0.15) is 10.4 Å². The molecule has 1 unspecified atom stereocenters. The van der Waals surface area contributed by atoms with E-state index in [1.165, 1.54) is 38.4 Å². The van der Waals surface area contributed by atoms with Gasteiger partial charge < -0.3 is 24.8 Å². The average Bonchev–Trinajstić information content (AvgIpc) is 2.66. The van der Waals surface area contributed by atoms with Crippen LogP contribution < -0.4 is 24.8 Å². The highest BCUT2D eigenvalue weighted by Crippen LogP contribution is 2.38. The molecule has 0 aliphatic carbocycles. The summed E-state index contributed by atoms with van der Waals surface area (Å²) in [5.74, 6) is 0.136. The first kappa shape index (κ1) is 21.1. The maximum absolute atomic E-state index is 13.4. The lowest BCUT2D eigenvalue weighted by Crippen LogP contribution is -2.57. The number of benzene rings is 1. The predicted molar refractivity (Wildman–Crippen MR) is 92.7 cm³/mol. The number of nitrogens with one attached hydrogen (secondary N) is 2. The summed E-state index contributed by atoms with van der Waals surface area (Å²) < 4.78 is 55.8. The van der Waals surface area contributed by atoms with E-state index in [1.54, 1.807) is 0 Å². The van der Waals surface area contributed by atoms with Crippen molar-refractivity contribution in [1.82, 2.24) is 15.5 Å². The SMILES string of the molecule is COc1cc(C(=O)NCC(N2CCNCC2)C(F)(F)F)cc(OC)c1OC. The maximum atomic E-state index is 13.4. The summed E-state index contributed by atoms with van der Waals surface area (Å²) >= 11 is 0. The zero-order valence-electron chi connectivity index (χ0n) is 15.5. The van der Waals surface area contributed by atoms with Gasteiger partial charge in [-0.25, -0.2) is 0 Å². The highest BCUT2D eigenvalue weighted by atomic mass is 19.4. The summed E-state index contributed by atoms with van der Waals surface area (Å²) in [5.41, 5.74) is 0.116. The number of methoxy groups -OCH3 is 3. The van der Waals surface area contributed by atoms with Crippen LogP contribution >= 0.6 is 0 Å². The van der Waals surface area contributed by atoms with Crippen LogP contribution in [0.15, 0.2) is 12.1 Å². The fraction of sp³-hybridized carbons (Fsp3) is 0.588. The molecular weight excluding hydrogens is 367 g/mol. The molecular formula is C17H24F3N3O4. The second-order valence-electron chi connectivity index (χ2n) is 5.97. The van der Waals surface area contributed by atoms with Crippen LogP contribution in [-0.4, -0.2) is 77.1 Å². The molecule has 1 saturated heterocycles. The fourth-order valence-corrected chi connectivity index (χ4v) is 2.95. The first-order valence-electron chi connectivity index (χ1n) is 8.41. The Bertz CT molecular complexity index is 624. The molecule has 0 saturated carbocycles. The Balaban J connectivity index is 2.15. The molecule has 1 aliphatic heterocycles. The smallest absolute Gasteiger partial charge is 0.405 e. The normalized spacial score (nSPS) is 16.5. The molecule has 1 aromatic rings. The summed E-state index contributed by atoms with van der Waals surface area (Å²) in [7, 11) is 4.20. The van der Waals surface area contributed by atoms with E-state index in [2.05, 4.69) is 10.6 Å². The first-order chi connectivity index (χ1) is 12.8. The third-order valence-electron chi connectivity index (χ3n) is 4.35. The van der Waals surface area contributed by atoms with Crippen LogP contribution in [0, 0.1) is 0 Å². The molecule has 0 radical (unpaired) electrons. The highest BCUT2D eigenvalue weighted by Gasteiger charge is 2.43. The van der Waals surface area contributed by atoms with Gasteiger partial charge in [0, 0.05) is 38.3 Å². The van der Waals surface area contributed by atoms with Crippen molar-refractivity contribution >= 4 is 5.91 Å². The molecule has 1 aliphatic rings. The van der Waals surface area contributed by atoms with Gasteiger partial charge in [0.2, 0.25) is 5.75 Å². The van der Waals surface area contributed by atoms with Crippen LogP contribution in [0.3, 0.4) is 0 Å². The van der Waals surface area contributed by atoms with E-state index in [-0.39, 0.29) is 30.2 Å². The predicted octanol–water partition coefficient (Wildman–Crippen LogP) is 1.28. The molecule has 1 fully saturated rings. The van der Waals surface area contributed by atoms with Gasteiger partial charge in [0.05, 0.1) is 21.3 Å². The number of ether oxygens (including phenoxy) is 3. The summed E-state index contributed by atoms with van der Waals surface area (Å²) in [6.07, 6.45) is -4.44. The van der Waals surface area contributed by atoms with Gasteiger partial charge in [-0.05, 0) is 12.1 Å².